The zero-order chi connectivity index (χ0) is 20.1. The lowest BCUT2D eigenvalue weighted by molar-refractivity contribution is -0.137. The van der Waals surface area contributed by atoms with Crippen LogP contribution in [0.1, 0.15) is 18.1 Å². The van der Waals surface area contributed by atoms with E-state index in [4.69, 9.17) is 0 Å². The number of nitrogens with one attached hydrogen (secondary N) is 2. The van der Waals surface area contributed by atoms with Crippen LogP contribution in [0.2, 0.25) is 0 Å². The lowest BCUT2D eigenvalue weighted by atomic mass is 10.1. The molecule has 1 heterocycles. The Morgan fingerprint density at radius 2 is 1.93 bits per heavy atom. The minimum absolute atomic E-state index is 0.0255. The van der Waals surface area contributed by atoms with Crippen LogP contribution >= 0.6 is 11.8 Å². The second-order valence-electron chi connectivity index (χ2n) is 5.93. The maximum absolute atomic E-state index is 12.7. The minimum Gasteiger partial charge on any atom is -0.325 e. The number of carbonyl (C=O) groups is 1. The molecule has 1 amide bonds. The van der Waals surface area contributed by atoms with Gasteiger partial charge in [-0.25, -0.2) is 4.98 Å². The molecule has 2 aromatic carbocycles. The van der Waals surface area contributed by atoms with Crippen LogP contribution in [0.3, 0.4) is 0 Å². The number of aryl methyl sites for hydroxylation is 1. The second kappa shape index (κ2) is 8.47. The standard InChI is InChI=1S/C19H17F3N4OS/c1-2-12-6-8-13(9-7-12)17-24-18(26-25-17)28-11-16(27)23-15-5-3-4-14(10-15)19(20,21)22/h3-10H,2,11H2,1H3,(H,23,27)(H,24,25,26). The molecule has 1 aromatic heterocycles. The van der Waals surface area contributed by atoms with Gasteiger partial charge in [0.2, 0.25) is 11.1 Å². The summed E-state index contributed by atoms with van der Waals surface area (Å²) in [6, 6.07) is 12.4. The highest BCUT2D eigenvalue weighted by Gasteiger charge is 2.30. The number of aromatic nitrogens is 3. The van der Waals surface area contributed by atoms with Gasteiger partial charge in [0.05, 0.1) is 11.3 Å². The molecule has 5 nitrogen and oxygen atoms in total. The Labute approximate surface area is 163 Å². The molecular formula is C19H17F3N4OS. The third kappa shape index (κ3) is 5.13. The number of hydrogen-bond acceptors (Lipinski definition) is 4. The first kappa shape index (κ1) is 19.9. The van der Waals surface area contributed by atoms with Gasteiger partial charge in [-0.3, -0.25) is 9.89 Å². The Balaban J connectivity index is 1.57. The van der Waals surface area contributed by atoms with E-state index in [-0.39, 0.29) is 11.4 Å². The van der Waals surface area contributed by atoms with Crippen LogP contribution < -0.4 is 5.32 Å². The average molecular weight is 406 g/mol. The molecule has 0 unspecified atom stereocenters. The molecule has 2 N–H and O–H groups in total. The van der Waals surface area contributed by atoms with E-state index in [1.807, 2.05) is 24.3 Å². The Kier molecular flexibility index (Phi) is 6.03. The Morgan fingerprint density at radius 1 is 1.18 bits per heavy atom. The molecule has 9 heteroatoms. The molecule has 0 fully saturated rings. The van der Waals surface area contributed by atoms with Crippen molar-refractivity contribution in [1.82, 2.24) is 15.2 Å². The number of carbonyl (C=O) groups excluding carboxylic acids is 1. The SMILES string of the molecule is CCc1ccc(-c2nc(SCC(=O)Nc3cccc(C(F)(F)F)c3)n[nH]2)cc1. The second-order valence-corrected chi connectivity index (χ2v) is 6.87. The average Bonchev–Trinajstić information content (AvgIpc) is 3.15. The van der Waals surface area contributed by atoms with Crippen molar-refractivity contribution in [2.45, 2.75) is 24.7 Å². The van der Waals surface area contributed by atoms with E-state index < -0.39 is 17.6 Å². The topological polar surface area (TPSA) is 70.7 Å². The molecule has 0 spiro atoms. The van der Waals surface area contributed by atoms with E-state index >= 15 is 0 Å². The first-order valence-corrected chi connectivity index (χ1v) is 9.45. The number of H-pyrrole nitrogens is 1. The summed E-state index contributed by atoms with van der Waals surface area (Å²) in [6.07, 6.45) is -3.51. The third-order valence-electron chi connectivity index (χ3n) is 3.91. The van der Waals surface area contributed by atoms with Gasteiger partial charge in [-0.15, -0.1) is 5.10 Å². The number of aromatic amines is 1. The van der Waals surface area contributed by atoms with E-state index in [9.17, 15) is 18.0 Å². The molecule has 3 rings (SSSR count). The maximum Gasteiger partial charge on any atom is 0.416 e. The Bertz CT molecular complexity index is 954. The monoisotopic (exact) mass is 406 g/mol. The van der Waals surface area contributed by atoms with E-state index in [0.717, 1.165) is 35.9 Å². The van der Waals surface area contributed by atoms with Crippen LogP contribution in [0.4, 0.5) is 18.9 Å². The molecule has 0 aliphatic carbocycles. The number of halogens is 3. The summed E-state index contributed by atoms with van der Waals surface area (Å²) in [5.41, 5.74) is 1.37. The molecule has 0 aliphatic rings. The van der Waals surface area contributed by atoms with Crippen LogP contribution in [0.5, 0.6) is 0 Å². The number of benzene rings is 2. The number of alkyl halides is 3. The highest BCUT2D eigenvalue weighted by molar-refractivity contribution is 7.99. The molecule has 0 atom stereocenters. The van der Waals surface area contributed by atoms with Gasteiger partial charge in [-0.2, -0.15) is 13.2 Å². The molecule has 3 aromatic rings. The summed E-state index contributed by atoms with van der Waals surface area (Å²) in [5, 5.41) is 9.71. The van der Waals surface area contributed by atoms with Crippen molar-refractivity contribution in [3.8, 4) is 11.4 Å². The van der Waals surface area contributed by atoms with E-state index in [0.29, 0.717) is 11.0 Å². The van der Waals surface area contributed by atoms with Gasteiger partial charge >= 0.3 is 6.18 Å². The lowest BCUT2D eigenvalue weighted by Crippen LogP contribution is -2.15. The van der Waals surface area contributed by atoms with Gasteiger partial charge < -0.3 is 5.32 Å². The number of hydrogen-bond donors (Lipinski definition) is 2. The molecule has 0 saturated carbocycles. The van der Waals surface area contributed by atoms with Crippen molar-refractivity contribution < 1.29 is 18.0 Å². The fourth-order valence-corrected chi connectivity index (χ4v) is 3.04. The zero-order valence-electron chi connectivity index (χ0n) is 14.9. The summed E-state index contributed by atoms with van der Waals surface area (Å²) in [4.78, 5) is 16.3. The fraction of sp³-hybridized carbons (Fsp3) is 0.211. The maximum atomic E-state index is 12.7. The van der Waals surface area contributed by atoms with E-state index in [1.54, 1.807) is 0 Å². The summed E-state index contributed by atoms with van der Waals surface area (Å²) in [5.74, 6) is 0.119. The van der Waals surface area contributed by atoms with Gasteiger partial charge in [0.25, 0.3) is 0 Å². The molecule has 0 bridgehead atoms. The molecule has 0 saturated heterocycles. The van der Waals surface area contributed by atoms with Crippen LogP contribution in [0.15, 0.2) is 53.7 Å². The van der Waals surface area contributed by atoms with Crippen LogP contribution in [-0.2, 0) is 17.4 Å². The highest BCUT2D eigenvalue weighted by Crippen LogP contribution is 2.30. The first-order chi connectivity index (χ1) is 13.3. The molecule has 0 radical (unpaired) electrons. The molecule has 28 heavy (non-hydrogen) atoms. The lowest BCUT2D eigenvalue weighted by Gasteiger charge is -2.09. The summed E-state index contributed by atoms with van der Waals surface area (Å²) >= 11 is 1.09. The number of nitrogens with zero attached hydrogens (tertiary/aromatic N) is 2. The molecular weight excluding hydrogens is 389 g/mol. The fourth-order valence-electron chi connectivity index (χ4n) is 2.44. The Hall–Kier alpha value is -2.81. The molecule has 146 valence electrons. The van der Waals surface area contributed by atoms with E-state index in [2.05, 4.69) is 27.4 Å². The number of rotatable bonds is 6. The predicted molar refractivity (Wildman–Crippen MR) is 102 cm³/mol. The smallest absolute Gasteiger partial charge is 0.325 e. The van der Waals surface area contributed by atoms with Crippen LogP contribution in [0, 0.1) is 0 Å². The number of anilines is 1. The van der Waals surface area contributed by atoms with Crippen molar-refractivity contribution in [2.24, 2.45) is 0 Å². The van der Waals surface area contributed by atoms with Gasteiger partial charge in [0.15, 0.2) is 5.82 Å². The largest absolute Gasteiger partial charge is 0.416 e. The van der Waals surface area contributed by atoms with Crippen molar-refractivity contribution in [3.05, 3.63) is 59.7 Å². The summed E-state index contributed by atoms with van der Waals surface area (Å²) in [6.45, 7) is 2.07. The highest BCUT2D eigenvalue weighted by atomic mass is 32.2. The van der Waals surface area contributed by atoms with Crippen LogP contribution in [0.25, 0.3) is 11.4 Å². The van der Waals surface area contributed by atoms with Gasteiger partial charge in [-0.1, -0.05) is 49.0 Å². The third-order valence-corrected chi connectivity index (χ3v) is 4.75. The zero-order valence-corrected chi connectivity index (χ0v) is 15.7. The van der Waals surface area contributed by atoms with Crippen molar-refractivity contribution in [2.75, 3.05) is 11.1 Å². The molecule has 0 aliphatic heterocycles. The van der Waals surface area contributed by atoms with Crippen LogP contribution in [-0.4, -0.2) is 26.8 Å². The van der Waals surface area contributed by atoms with Crippen molar-refractivity contribution in [3.63, 3.8) is 0 Å². The minimum atomic E-state index is -4.46. The van der Waals surface area contributed by atoms with E-state index in [1.165, 1.54) is 17.7 Å². The van der Waals surface area contributed by atoms with Gasteiger partial charge in [-0.05, 0) is 30.2 Å². The normalized spacial score (nSPS) is 11.4. The quantitative estimate of drug-likeness (QED) is 0.578. The predicted octanol–water partition coefficient (Wildman–Crippen LogP) is 4.78. The van der Waals surface area contributed by atoms with Crippen molar-refractivity contribution >= 4 is 23.4 Å². The number of thioether (sulfide) groups is 1. The van der Waals surface area contributed by atoms with Gasteiger partial charge in [0.1, 0.15) is 0 Å². The number of amides is 1. The Morgan fingerprint density at radius 3 is 2.61 bits per heavy atom. The summed E-state index contributed by atoms with van der Waals surface area (Å²) < 4.78 is 38.2. The van der Waals surface area contributed by atoms with Gasteiger partial charge in [0, 0.05) is 11.3 Å². The van der Waals surface area contributed by atoms with Crippen molar-refractivity contribution in [1.29, 1.82) is 0 Å². The summed E-state index contributed by atoms with van der Waals surface area (Å²) in [7, 11) is 0. The first-order valence-electron chi connectivity index (χ1n) is 8.47.